The van der Waals surface area contributed by atoms with Crippen LogP contribution in [0.4, 0.5) is 11.5 Å². The number of unbranched alkanes of at least 4 members (excludes halogenated alkanes) is 1. The van der Waals surface area contributed by atoms with E-state index >= 15 is 0 Å². The van der Waals surface area contributed by atoms with E-state index in [9.17, 15) is 14.9 Å². The van der Waals surface area contributed by atoms with Crippen LogP contribution in [0.5, 0.6) is 0 Å². The first kappa shape index (κ1) is 14.9. The normalized spacial score (nSPS) is 10.4. The molecule has 8 nitrogen and oxygen atoms in total. The van der Waals surface area contributed by atoms with Crippen molar-refractivity contribution in [3.05, 3.63) is 15.8 Å². The van der Waals surface area contributed by atoms with Crippen LogP contribution in [0.25, 0.3) is 0 Å². The molecule has 0 saturated carbocycles. The number of hydrogen-bond acceptors (Lipinski definition) is 5. The van der Waals surface area contributed by atoms with E-state index < -0.39 is 4.92 Å². The highest BCUT2D eigenvalue weighted by Crippen LogP contribution is 2.28. The van der Waals surface area contributed by atoms with E-state index in [2.05, 4.69) is 10.4 Å². The first-order chi connectivity index (χ1) is 8.97. The number of aromatic nitrogens is 2. The third kappa shape index (κ3) is 3.94. The number of nitro groups is 1. The fourth-order valence-corrected chi connectivity index (χ4v) is 1.83. The maximum atomic E-state index is 11.0. The number of rotatable bonds is 8. The van der Waals surface area contributed by atoms with Gasteiger partial charge in [-0.3, -0.25) is 14.9 Å². The standard InChI is InChI=1S/C11H19N5O3/c1-3-8-10(16(18)19)11(15(2)14-8)13-7-5-4-6-9(12)17/h13H,3-7H2,1-2H3,(H2,12,17). The number of aryl methyl sites for hydroxylation is 2. The quantitative estimate of drug-likeness (QED) is 0.414. The van der Waals surface area contributed by atoms with E-state index in [1.54, 1.807) is 7.05 Å². The molecule has 1 aromatic rings. The van der Waals surface area contributed by atoms with Gasteiger partial charge in [0.05, 0.1) is 4.92 Å². The Morgan fingerprint density at radius 3 is 2.74 bits per heavy atom. The fourth-order valence-electron chi connectivity index (χ4n) is 1.83. The van der Waals surface area contributed by atoms with Gasteiger partial charge in [0.1, 0.15) is 5.69 Å². The summed E-state index contributed by atoms with van der Waals surface area (Å²) in [4.78, 5) is 21.2. The molecule has 0 bridgehead atoms. The molecule has 1 rings (SSSR count). The summed E-state index contributed by atoms with van der Waals surface area (Å²) in [6, 6.07) is 0. The highest BCUT2D eigenvalue weighted by atomic mass is 16.6. The predicted molar refractivity (Wildman–Crippen MR) is 70.8 cm³/mol. The number of hydrogen-bond donors (Lipinski definition) is 2. The number of nitrogens with zero attached hydrogens (tertiary/aromatic N) is 3. The van der Waals surface area contributed by atoms with E-state index in [-0.39, 0.29) is 11.6 Å². The maximum absolute atomic E-state index is 11.0. The summed E-state index contributed by atoms with van der Waals surface area (Å²) in [5, 5.41) is 18.2. The minimum atomic E-state index is -0.419. The third-order valence-electron chi connectivity index (χ3n) is 2.75. The fraction of sp³-hybridized carbons (Fsp3) is 0.636. The van der Waals surface area contributed by atoms with Crippen LogP contribution in [-0.2, 0) is 18.3 Å². The second-order valence-electron chi connectivity index (χ2n) is 4.23. The molecule has 0 aliphatic rings. The average Bonchev–Trinajstić information content (AvgIpc) is 2.65. The van der Waals surface area contributed by atoms with Crippen molar-refractivity contribution in [2.75, 3.05) is 11.9 Å². The van der Waals surface area contributed by atoms with E-state index in [4.69, 9.17) is 5.73 Å². The van der Waals surface area contributed by atoms with Crippen LogP contribution in [0.3, 0.4) is 0 Å². The molecule has 3 N–H and O–H groups in total. The molecule has 19 heavy (non-hydrogen) atoms. The van der Waals surface area contributed by atoms with Gasteiger partial charge < -0.3 is 11.1 Å². The van der Waals surface area contributed by atoms with Gasteiger partial charge >= 0.3 is 5.69 Å². The topological polar surface area (TPSA) is 116 Å². The maximum Gasteiger partial charge on any atom is 0.333 e. The Bertz CT molecular complexity index is 469. The van der Waals surface area contributed by atoms with Gasteiger partial charge in [-0.1, -0.05) is 6.92 Å². The van der Waals surface area contributed by atoms with E-state index in [1.165, 1.54) is 4.68 Å². The van der Waals surface area contributed by atoms with Gasteiger partial charge in [0.15, 0.2) is 0 Å². The second-order valence-corrected chi connectivity index (χ2v) is 4.23. The molecular weight excluding hydrogens is 250 g/mol. The minimum absolute atomic E-state index is 0.0277. The molecule has 0 fully saturated rings. The molecule has 0 aliphatic carbocycles. The van der Waals surface area contributed by atoms with Gasteiger partial charge in [-0.15, -0.1) is 0 Å². The summed E-state index contributed by atoms with van der Waals surface area (Å²) in [5.41, 5.74) is 5.52. The molecule has 8 heteroatoms. The molecule has 0 radical (unpaired) electrons. The van der Waals surface area contributed by atoms with Crippen LogP contribution < -0.4 is 11.1 Å². The minimum Gasteiger partial charge on any atom is -0.370 e. The van der Waals surface area contributed by atoms with E-state index in [0.717, 1.165) is 0 Å². The number of carbonyl (C=O) groups excluding carboxylic acids is 1. The lowest BCUT2D eigenvalue weighted by molar-refractivity contribution is -0.384. The van der Waals surface area contributed by atoms with Crippen LogP contribution in [0.1, 0.15) is 31.9 Å². The van der Waals surface area contributed by atoms with Crippen LogP contribution >= 0.6 is 0 Å². The number of nitrogens with two attached hydrogens (primary N) is 1. The zero-order chi connectivity index (χ0) is 14.4. The highest BCUT2D eigenvalue weighted by Gasteiger charge is 2.24. The summed E-state index contributed by atoms with van der Waals surface area (Å²) in [5.74, 6) is 0.0701. The summed E-state index contributed by atoms with van der Waals surface area (Å²) < 4.78 is 1.48. The molecule has 106 valence electrons. The van der Waals surface area contributed by atoms with Crippen molar-refractivity contribution in [1.82, 2.24) is 9.78 Å². The lowest BCUT2D eigenvalue weighted by Crippen LogP contribution is -2.12. The molecule has 0 aliphatic heterocycles. The van der Waals surface area contributed by atoms with Crippen molar-refractivity contribution < 1.29 is 9.72 Å². The molecular formula is C11H19N5O3. The van der Waals surface area contributed by atoms with Gasteiger partial charge in [-0.05, 0) is 19.3 Å². The average molecular weight is 269 g/mol. The molecule has 1 heterocycles. The van der Waals surface area contributed by atoms with E-state index in [0.29, 0.717) is 43.7 Å². The zero-order valence-electron chi connectivity index (χ0n) is 11.2. The number of primary amides is 1. The van der Waals surface area contributed by atoms with Gasteiger partial charge in [-0.2, -0.15) is 5.10 Å². The molecule has 0 saturated heterocycles. The van der Waals surface area contributed by atoms with Gasteiger partial charge in [0.2, 0.25) is 11.7 Å². The summed E-state index contributed by atoms with van der Waals surface area (Å²) in [6.07, 6.45) is 2.21. The van der Waals surface area contributed by atoms with Crippen molar-refractivity contribution in [3.63, 3.8) is 0 Å². The number of amides is 1. The number of anilines is 1. The van der Waals surface area contributed by atoms with Gasteiger partial charge in [-0.25, -0.2) is 4.68 Å². The molecule has 0 aromatic carbocycles. The molecule has 1 aromatic heterocycles. The van der Waals surface area contributed by atoms with Crippen LogP contribution in [0, 0.1) is 10.1 Å². The second kappa shape index (κ2) is 6.72. The first-order valence-corrected chi connectivity index (χ1v) is 6.19. The van der Waals surface area contributed by atoms with Crippen molar-refractivity contribution in [3.8, 4) is 0 Å². The summed E-state index contributed by atoms with van der Waals surface area (Å²) in [6.45, 7) is 2.36. The van der Waals surface area contributed by atoms with Crippen molar-refractivity contribution in [2.45, 2.75) is 32.6 Å². The number of nitrogens with one attached hydrogen (secondary N) is 1. The zero-order valence-corrected chi connectivity index (χ0v) is 11.2. The Balaban J connectivity index is 2.64. The predicted octanol–water partition coefficient (Wildman–Crippen LogP) is 0.958. The lowest BCUT2D eigenvalue weighted by Gasteiger charge is -2.05. The third-order valence-corrected chi connectivity index (χ3v) is 2.75. The Morgan fingerprint density at radius 2 is 2.21 bits per heavy atom. The Morgan fingerprint density at radius 1 is 1.53 bits per heavy atom. The van der Waals surface area contributed by atoms with Crippen LogP contribution in [0.2, 0.25) is 0 Å². The lowest BCUT2D eigenvalue weighted by atomic mass is 10.2. The summed E-state index contributed by atoms with van der Waals surface area (Å²) >= 11 is 0. The summed E-state index contributed by atoms with van der Waals surface area (Å²) in [7, 11) is 1.66. The molecule has 0 spiro atoms. The van der Waals surface area contributed by atoms with Crippen LogP contribution in [-0.4, -0.2) is 27.2 Å². The molecule has 0 atom stereocenters. The van der Waals surface area contributed by atoms with Crippen LogP contribution in [0.15, 0.2) is 0 Å². The Labute approximate surface area is 111 Å². The van der Waals surface area contributed by atoms with Gasteiger partial charge in [0.25, 0.3) is 0 Å². The highest BCUT2D eigenvalue weighted by molar-refractivity contribution is 5.73. The Kier molecular flexibility index (Phi) is 5.28. The smallest absolute Gasteiger partial charge is 0.333 e. The number of carbonyl (C=O) groups is 1. The monoisotopic (exact) mass is 269 g/mol. The largest absolute Gasteiger partial charge is 0.370 e. The molecule has 0 unspecified atom stereocenters. The SMILES string of the molecule is CCc1nn(C)c(NCCCCC(N)=O)c1[N+](=O)[O-]. The van der Waals surface area contributed by atoms with Crippen molar-refractivity contribution in [1.29, 1.82) is 0 Å². The van der Waals surface area contributed by atoms with Crippen molar-refractivity contribution in [2.24, 2.45) is 12.8 Å². The van der Waals surface area contributed by atoms with E-state index in [1.807, 2.05) is 6.92 Å². The first-order valence-electron chi connectivity index (χ1n) is 6.19. The molecule has 1 amide bonds. The Hall–Kier alpha value is -2.12. The van der Waals surface area contributed by atoms with Gasteiger partial charge in [0, 0.05) is 20.0 Å². The van der Waals surface area contributed by atoms with Crippen molar-refractivity contribution >= 4 is 17.4 Å².